The van der Waals surface area contributed by atoms with Gasteiger partial charge in [-0.05, 0) is 42.7 Å². The molecule has 122 valence electrons. The zero-order chi connectivity index (χ0) is 16.4. The van der Waals surface area contributed by atoms with E-state index in [0.717, 1.165) is 33.6 Å². The summed E-state index contributed by atoms with van der Waals surface area (Å²) in [5.41, 5.74) is 3.01. The summed E-state index contributed by atoms with van der Waals surface area (Å²) in [6.07, 6.45) is 2.07. The predicted molar refractivity (Wildman–Crippen MR) is 100 cm³/mol. The van der Waals surface area contributed by atoms with E-state index in [1.165, 1.54) is 4.90 Å². The van der Waals surface area contributed by atoms with Crippen molar-refractivity contribution in [2.24, 2.45) is 0 Å². The average molecular weight is 356 g/mol. The molecule has 1 aliphatic rings. The third-order valence-corrected chi connectivity index (χ3v) is 5.15. The van der Waals surface area contributed by atoms with E-state index in [1.54, 1.807) is 23.1 Å². The summed E-state index contributed by atoms with van der Waals surface area (Å²) in [4.78, 5) is 5.91. The minimum atomic E-state index is 0.589. The normalized spacial score (nSPS) is 12.9. The molecule has 1 N–H and O–H groups in total. The molecule has 0 bridgehead atoms. The molecule has 6 heteroatoms. The van der Waals surface area contributed by atoms with E-state index in [0.29, 0.717) is 13.2 Å². The molecule has 2 aromatic carbocycles. The standard InChI is InChI=1S/C18H16N2O2S2/c1-23-14-4-2-3-13(10-14)19-18-20-15(11-24-18)12-5-6-16-17(9-12)22-8-7-21-16/h2-6,9-11H,7-8H2,1H3,(H,19,20). The average Bonchev–Trinajstić information content (AvgIpc) is 3.10. The molecule has 0 atom stereocenters. The molecular formula is C18H16N2O2S2. The number of hydrogen-bond acceptors (Lipinski definition) is 6. The molecule has 0 saturated heterocycles. The Labute approximate surface area is 148 Å². The molecule has 2 heterocycles. The number of benzene rings is 2. The molecule has 0 aliphatic carbocycles. The van der Waals surface area contributed by atoms with Crippen LogP contribution in [0.25, 0.3) is 11.3 Å². The van der Waals surface area contributed by atoms with Crippen LogP contribution in [0.4, 0.5) is 10.8 Å². The number of ether oxygens (including phenoxy) is 2. The van der Waals surface area contributed by atoms with Crippen molar-refractivity contribution in [1.29, 1.82) is 0 Å². The lowest BCUT2D eigenvalue weighted by Gasteiger charge is -2.18. The highest BCUT2D eigenvalue weighted by Gasteiger charge is 2.13. The smallest absolute Gasteiger partial charge is 0.187 e. The van der Waals surface area contributed by atoms with Gasteiger partial charge in [0.1, 0.15) is 13.2 Å². The van der Waals surface area contributed by atoms with Gasteiger partial charge in [0.05, 0.1) is 5.69 Å². The minimum Gasteiger partial charge on any atom is -0.486 e. The maximum absolute atomic E-state index is 5.65. The van der Waals surface area contributed by atoms with Crippen LogP contribution in [0, 0.1) is 0 Å². The van der Waals surface area contributed by atoms with Crippen LogP contribution >= 0.6 is 23.1 Å². The van der Waals surface area contributed by atoms with Gasteiger partial charge in [-0.25, -0.2) is 4.98 Å². The second-order valence-corrected chi connectivity index (χ2v) is 6.99. The van der Waals surface area contributed by atoms with E-state index >= 15 is 0 Å². The number of nitrogens with one attached hydrogen (secondary N) is 1. The molecule has 0 radical (unpaired) electrons. The highest BCUT2D eigenvalue weighted by molar-refractivity contribution is 7.98. The summed E-state index contributed by atoms with van der Waals surface area (Å²) < 4.78 is 11.2. The Balaban J connectivity index is 1.56. The van der Waals surface area contributed by atoms with Crippen LogP contribution in [-0.4, -0.2) is 24.5 Å². The molecule has 24 heavy (non-hydrogen) atoms. The second-order valence-electron chi connectivity index (χ2n) is 5.25. The number of thiazole rings is 1. The zero-order valence-corrected chi connectivity index (χ0v) is 14.7. The van der Waals surface area contributed by atoms with Crippen LogP contribution in [0.3, 0.4) is 0 Å². The van der Waals surface area contributed by atoms with Crippen LogP contribution in [0.5, 0.6) is 11.5 Å². The van der Waals surface area contributed by atoms with Gasteiger partial charge >= 0.3 is 0 Å². The third kappa shape index (κ3) is 3.20. The van der Waals surface area contributed by atoms with E-state index in [4.69, 9.17) is 9.47 Å². The van der Waals surface area contributed by atoms with Crippen molar-refractivity contribution in [3.05, 3.63) is 47.8 Å². The van der Waals surface area contributed by atoms with E-state index in [2.05, 4.69) is 28.7 Å². The molecule has 0 spiro atoms. The Morgan fingerprint density at radius 1 is 1.08 bits per heavy atom. The Morgan fingerprint density at radius 2 is 1.96 bits per heavy atom. The van der Waals surface area contributed by atoms with Crippen molar-refractivity contribution in [2.75, 3.05) is 24.8 Å². The molecule has 4 nitrogen and oxygen atoms in total. The molecule has 1 aliphatic heterocycles. The Bertz CT molecular complexity index is 864. The van der Waals surface area contributed by atoms with Gasteiger partial charge in [0.15, 0.2) is 16.6 Å². The quantitative estimate of drug-likeness (QED) is 0.663. The number of nitrogens with zero attached hydrogens (tertiary/aromatic N) is 1. The SMILES string of the molecule is CSc1cccc(Nc2nc(-c3ccc4c(c3)OCCO4)cs2)c1. The van der Waals surface area contributed by atoms with E-state index in [9.17, 15) is 0 Å². The zero-order valence-electron chi connectivity index (χ0n) is 13.1. The van der Waals surface area contributed by atoms with Gasteiger partial charge in [0.25, 0.3) is 0 Å². The van der Waals surface area contributed by atoms with Crippen LogP contribution in [0.1, 0.15) is 0 Å². The van der Waals surface area contributed by atoms with Crippen molar-refractivity contribution < 1.29 is 9.47 Å². The van der Waals surface area contributed by atoms with Crippen molar-refractivity contribution in [3.8, 4) is 22.8 Å². The highest BCUT2D eigenvalue weighted by Crippen LogP contribution is 2.35. The molecule has 1 aromatic heterocycles. The maximum Gasteiger partial charge on any atom is 0.187 e. The Kier molecular flexibility index (Phi) is 4.32. The first kappa shape index (κ1) is 15.4. The predicted octanol–water partition coefficient (Wildman–Crippen LogP) is 5.05. The molecular weight excluding hydrogens is 340 g/mol. The number of anilines is 2. The minimum absolute atomic E-state index is 0.589. The number of rotatable bonds is 4. The van der Waals surface area contributed by atoms with Gasteiger partial charge in [-0.1, -0.05) is 6.07 Å². The summed E-state index contributed by atoms with van der Waals surface area (Å²) in [6, 6.07) is 14.3. The lowest BCUT2D eigenvalue weighted by molar-refractivity contribution is 0.171. The largest absolute Gasteiger partial charge is 0.486 e. The molecule has 0 fully saturated rings. The molecule has 3 aromatic rings. The van der Waals surface area contributed by atoms with Crippen LogP contribution in [0.15, 0.2) is 52.7 Å². The van der Waals surface area contributed by atoms with E-state index in [-0.39, 0.29) is 0 Å². The summed E-state index contributed by atoms with van der Waals surface area (Å²) in [7, 11) is 0. The van der Waals surface area contributed by atoms with E-state index in [1.807, 2.05) is 35.7 Å². The molecule has 0 unspecified atom stereocenters. The first-order chi connectivity index (χ1) is 11.8. The molecule has 0 amide bonds. The molecule has 4 rings (SSSR count). The fourth-order valence-corrected chi connectivity index (χ4v) is 3.69. The number of aromatic nitrogens is 1. The number of hydrogen-bond donors (Lipinski definition) is 1. The number of fused-ring (bicyclic) bond motifs is 1. The third-order valence-electron chi connectivity index (χ3n) is 3.66. The van der Waals surface area contributed by atoms with Crippen molar-refractivity contribution >= 4 is 33.9 Å². The van der Waals surface area contributed by atoms with Crippen molar-refractivity contribution in [3.63, 3.8) is 0 Å². The monoisotopic (exact) mass is 356 g/mol. The Morgan fingerprint density at radius 3 is 2.83 bits per heavy atom. The highest BCUT2D eigenvalue weighted by atomic mass is 32.2. The van der Waals surface area contributed by atoms with Gasteiger partial charge in [0, 0.05) is 21.5 Å². The van der Waals surface area contributed by atoms with Gasteiger partial charge in [-0.2, -0.15) is 0 Å². The number of thioether (sulfide) groups is 1. The Hall–Kier alpha value is -2.18. The van der Waals surface area contributed by atoms with Crippen LogP contribution in [-0.2, 0) is 0 Å². The van der Waals surface area contributed by atoms with Gasteiger partial charge in [0.2, 0.25) is 0 Å². The van der Waals surface area contributed by atoms with Gasteiger partial charge in [-0.3, -0.25) is 0 Å². The first-order valence-corrected chi connectivity index (χ1v) is 9.69. The second kappa shape index (κ2) is 6.75. The van der Waals surface area contributed by atoms with Gasteiger partial charge in [-0.15, -0.1) is 23.1 Å². The lowest BCUT2D eigenvalue weighted by Crippen LogP contribution is -2.15. The fourth-order valence-electron chi connectivity index (χ4n) is 2.49. The lowest BCUT2D eigenvalue weighted by atomic mass is 10.1. The summed E-state index contributed by atoms with van der Waals surface area (Å²) in [5, 5.41) is 6.29. The fraction of sp³-hybridized carbons (Fsp3) is 0.167. The van der Waals surface area contributed by atoms with Crippen molar-refractivity contribution in [2.45, 2.75) is 4.90 Å². The summed E-state index contributed by atoms with van der Waals surface area (Å²) >= 11 is 3.31. The topological polar surface area (TPSA) is 43.4 Å². The first-order valence-electron chi connectivity index (χ1n) is 7.58. The summed E-state index contributed by atoms with van der Waals surface area (Å²) in [6.45, 7) is 1.19. The van der Waals surface area contributed by atoms with Gasteiger partial charge < -0.3 is 14.8 Å². The summed E-state index contributed by atoms with van der Waals surface area (Å²) in [5.74, 6) is 1.58. The van der Waals surface area contributed by atoms with Crippen LogP contribution in [0.2, 0.25) is 0 Å². The van der Waals surface area contributed by atoms with E-state index < -0.39 is 0 Å². The van der Waals surface area contributed by atoms with Crippen molar-refractivity contribution in [1.82, 2.24) is 4.98 Å². The molecule has 0 saturated carbocycles. The van der Waals surface area contributed by atoms with Crippen LogP contribution < -0.4 is 14.8 Å². The maximum atomic E-state index is 5.65.